The maximum absolute atomic E-state index is 5.52. The lowest BCUT2D eigenvalue weighted by Gasteiger charge is -2.08. The molecule has 2 rings (SSSR count). The van der Waals surface area contributed by atoms with Crippen LogP contribution in [0, 0.1) is 0 Å². The summed E-state index contributed by atoms with van der Waals surface area (Å²) in [6.45, 7) is 0. The molecular weight excluding hydrogens is 380 g/mol. The molecule has 1 aromatic heterocycles. The Bertz CT molecular complexity index is 603. The predicted molar refractivity (Wildman–Crippen MR) is 83.0 cm³/mol. The maximum Gasteiger partial charge on any atom is 0.227 e. The van der Waals surface area contributed by atoms with E-state index < -0.39 is 0 Å². The van der Waals surface area contributed by atoms with E-state index in [0.29, 0.717) is 11.6 Å². The Hall–Kier alpha value is -1.05. The van der Waals surface area contributed by atoms with Crippen LogP contribution < -0.4 is 11.1 Å². The van der Waals surface area contributed by atoms with Crippen molar-refractivity contribution in [2.75, 3.05) is 5.32 Å². The zero-order valence-electron chi connectivity index (χ0n) is 9.02. The number of rotatable bonds is 3. The van der Waals surface area contributed by atoms with E-state index in [0.717, 1.165) is 14.6 Å². The quantitative estimate of drug-likeness (QED) is 0.790. The second-order valence-corrected chi connectivity index (χ2v) is 5.59. The molecule has 0 radical (unpaired) electrons. The Morgan fingerprint density at radius 1 is 1.28 bits per heavy atom. The number of aromatic nitrogens is 2. The number of hydrogen-bond donors (Lipinski definition) is 2. The van der Waals surface area contributed by atoms with Gasteiger partial charge in [-0.25, -0.2) is 9.97 Å². The van der Waals surface area contributed by atoms with Crippen molar-refractivity contribution in [3.8, 4) is 0 Å². The van der Waals surface area contributed by atoms with Gasteiger partial charge in [0.2, 0.25) is 5.95 Å². The summed E-state index contributed by atoms with van der Waals surface area (Å²) in [5.74, 6) is 0.448. The number of nitrogens with one attached hydrogen (secondary N) is 1. The van der Waals surface area contributed by atoms with Gasteiger partial charge in [-0.1, -0.05) is 28.1 Å². The molecule has 18 heavy (non-hydrogen) atoms. The SMILES string of the molecule is NC(=S)c1ccnc(Nc2ccc(Br)cc2Br)n1. The van der Waals surface area contributed by atoms with Crippen molar-refractivity contribution < 1.29 is 0 Å². The van der Waals surface area contributed by atoms with Crippen LogP contribution in [-0.4, -0.2) is 15.0 Å². The summed E-state index contributed by atoms with van der Waals surface area (Å²) in [6, 6.07) is 7.43. The molecule has 0 atom stereocenters. The minimum Gasteiger partial charge on any atom is -0.388 e. The van der Waals surface area contributed by atoms with Gasteiger partial charge in [0.1, 0.15) is 10.7 Å². The number of benzene rings is 1. The Morgan fingerprint density at radius 2 is 2.06 bits per heavy atom. The smallest absolute Gasteiger partial charge is 0.227 e. The van der Waals surface area contributed by atoms with Crippen molar-refractivity contribution in [3.05, 3.63) is 45.1 Å². The second-order valence-electron chi connectivity index (χ2n) is 3.38. The van der Waals surface area contributed by atoms with Crippen LogP contribution >= 0.6 is 44.1 Å². The van der Waals surface area contributed by atoms with E-state index in [4.69, 9.17) is 18.0 Å². The lowest BCUT2D eigenvalue weighted by atomic mass is 10.3. The number of nitrogens with zero attached hydrogens (tertiary/aromatic N) is 2. The van der Waals surface area contributed by atoms with E-state index in [1.807, 2.05) is 18.2 Å². The fourth-order valence-corrected chi connectivity index (χ4v) is 2.53. The molecule has 0 aliphatic rings. The van der Waals surface area contributed by atoms with Gasteiger partial charge >= 0.3 is 0 Å². The third kappa shape index (κ3) is 3.24. The van der Waals surface area contributed by atoms with Crippen LogP contribution in [0.4, 0.5) is 11.6 Å². The minimum absolute atomic E-state index is 0.246. The normalized spacial score (nSPS) is 10.1. The summed E-state index contributed by atoms with van der Waals surface area (Å²) < 4.78 is 1.89. The molecule has 0 saturated heterocycles. The van der Waals surface area contributed by atoms with Gasteiger partial charge < -0.3 is 11.1 Å². The van der Waals surface area contributed by atoms with E-state index in [1.165, 1.54) is 0 Å². The van der Waals surface area contributed by atoms with Gasteiger partial charge in [0.15, 0.2) is 0 Å². The molecule has 4 nitrogen and oxygen atoms in total. The molecular formula is C11H8Br2N4S. The van der Waals surface area contributed by atoms with E-state index in [-0.39, 0.29) is 4.99 Å². The van der Waals surface area contributed by atoms with Crippen LogP contribution in [0.15, 0.2) is 39.4 Å². The van der Waals surface area contributed by atoms with Crippen LogP contribution in [0.1, 0.15) is 5.69 Å². The average molecular weight is 388 g/mol. The second kappa shape index (κ2) is 5.73. The van der Waals surface area contributed by atoms with Gasteiger partial charge in [0.25, 0.3) is 0 Å². The predicted octanol–water partition coefficient (Wildman–Crippen LogP) is 3.38. The third-order valence-corrected chi connectivity index (χ3v) is 3.44. The molecule has 0 unspecified atom stereocenters. The Kier molecular flexibility index (Phi) is 4.26. The van der Waals surface area contributed by atoms with E-state index in [2.05, 4.69) is 47.1 Å². The fourth-order valence-electron chi connectivity index (χ4n) is 1.27. The molecule has 0 saturated carbocycles. The van der Waals surface area contributed by atoms with Crippen molar-refractivity contribution >= 4 is 60.7 Å². The van der Waals surface area contributed by atoms with Gasteiger partial charge in [-0.15, -0.1) is 0 Å². The van der Waals surface area contributed by atoms with E-state index >= 15 is 0 Å². The minimum atomic E-state index is 0.246. The van der Waals surface area contributed by atoms with Gasteiger partial charge in [0.05, 0.1) is 5.69 Å². The Morgan fingerprint density at radius 3 is 2.72 bits per heavy atom. The van der Waals surface area contributed by atoms with Crippen molar-refractivity contribution in [3.63, 3.8) is 0 Å². The summed E-state index contributed by atoms with van der Waals surface area (Å²) in [4.78, 5) is 8.57. The molecule has 0 bridgehead atoms. The fraction of sp³-hybridized carbons (Fsp3) is 0. The summed E-state index contributed by atoms with van der Waals surface area (Å²) in [6.07, 6.45) is 1.61. The molecule has 2 aromatic rings. The molecule has 0 amide bonds. The van der Waals surface area contributed by atoms with Crippen LogP contribution in [-0.2, 0) is 0 Å². The first-order chi connectivity index (χ1) is 8.56. The first-order valence-corrected chi connectivity index (χ1v) is 6.90. The summed E-state index contributed by atoms with van der Waals surface area (Å²) in [5, 5.41) is 3.09. The molecule has 7 heteroatoms. The Balaban J connectivity index is 2.28. The van der Waals surface area contributed by atoms with Crippen molar-refractivity contribution in [1.82, 2.24) is 9.97 Å². The lowest BCUT2D eigenvalue weighted by Crippen LogP contribution is -2.12. The van der Waals surface area contributed by atoms with Gasteiger partial charge in [-0.2, -0.15) is 0 Å². The largest absolute Gasteiger partial charge is 0.388 e. The van der Waals surface area contributed by atoms with Gasteiger partial charge in [-0.3, -0.25) is 0 Å². The number of thiocarbonyl (C=S) groups is 1. The first-order valence-electron chi connectivity index (χ1n) is 4.91. The van der Waals surface area contributed by atoms with Crippen LogP contribution in [0.2, 0.25) is 0 Å². The zero-order chi connectivity index (χ0) is 13.1. The van der Waals surface area contributed by atoms with Crippen molar-refractivity contribution in [1.29, 1.82) is 0 Å². The first kappa shape index (κ1) is 13.4. The highest BCUT2D eigenvalue weighted by Gasteiger charge is 2.05. The number of anilines is 2. The number of nitrogens with two attached hydrogens (primary N) is 1. The van der Waals surface area contributed by atoms with E-state index in [9.17, 15) is 0 Å². The summed E-state index contributed by atoms with van der Waals surface area (Å²) in [7, 11) is 0. The number of halogens is 2. The van der Waals surface area contributed by atoms with Gasteiger partial charge in [0, 0.05) is 15.1 Å². The van der Waals surface area contributed by atoms with Crippen molar-refractivity contribution in [2.24, 2.45) is 5.73 Å². The monoisotopic (exact) mass is 386 g/mol. The summed E-state index contributed by atoms with van der Waals surface area (Å²) >= 11 is 11.7. The highest BCUT2D eigenvalue weighted by atomic mass is 79.9. The van der Waals surface area contributed by atoms with Crippen LogP contribution in [0.5, 0.6) is 0 Å². The maximum atomic E-state index is 5.52. The molecule has 0 fully saturated rings. The molecule has 0 aliphatic carbocycles. The topological polar surface area (TPSA) is 63.8 Å². The average Bonchev–Trinajstić information content (AvgIpc) is 2.33. The molecule has 1 aromatic carbocycles. The van der Waals surface area contributed by atoms with Crippen LogP contribution in [0.3, 0.4) is 0 Å². The van der Waals surface area contributed by atoms with E-state index in [1.54, 1.807) is 12.3 Å². The highest BCUT2D eigenvalue weighted by molar-refractivity contribution is 9.11. The lowest BCUT2D eigenvalue weighted by molar-refractivity contribution is 1.15. The molecule has 0 spiro atoms. The molecule has 3 N–H and O–H groups in total. The van der Waals surface area contributed by atoms with Gasteiger partial charge in [-0.05, 0) is 40.2 Å². The highest BCUT2D eigenvalue weighted by Crippen LogP contribution is 2.27. The van der Waals surface area contributed by atoms with Crippen LogP contribution in [0.25, 0.3) is 0 Å². The molecule has 92 valence electrons. The zero-order valence-corrected chi connectivity index (χ0v) is 13.0. The standard InChI is InChI=1S/C11H8Br2N4S/c12-6-1-2-8(7(13)5-6)16-11-15-4-3-9(17-11)10(14)18/h1-5H,(H2,14,18)(H,15,16,17). The summed E-state index contributed by atoms with van der Waals surface area (Å²) in [5.41, 5.74) is 6.92. The van der Waals surface area contributed by atoms with Crippen molar-refractivity contribution in [2.45, 2.75) is 0 Å². The number of hydrogen-bond acceptors (Lipinski definition) is 4. The third-order valence-electron chi connectivity index (χ3n) is 2.09. The molecule has 1 heterocycles. The molecule has 0 aliphatic heterocycles. The Labute approximate surface area is 126 Å².